The van der Waals surface area contributed by atoms with Gasteiger partial charge in [-0.15, -0.1) is 0 Å². The number of carbonyl (C=O) groups excluding carboxylic acids is 1. The van der Waals surface area contributed by atoms with Gasteiger partial charge in [0.05, 0.1) is 5.52 Å². The van der Waals surface area contributed by atoms with Crippen molar-refractivity contribution in [2.45, 2.75) is 0 Å². The molecular formula is C27H19NO. The topological polar surface area (TPSA) is 32.9 Å². The van der Waals surface area contributed by atoms with Crippen molar-refractivity contribution in [2.24, 2.45) is 0 Å². The smallest absolute Gasteiger partial charge is 0.186 e. The zero-order valence-electron chi connectivity index (χ0n) is 15.9. The molecule has 2 heteroatoms. The highest BCUT2D eigenvalue weighted by atomic mass is 16.1. The molecule has 2 nitrogen and oxygen atoms in total. The molecule has 0 atom stereocenters. The number of para-hydroxylation sites is 2. The summed E-state index contributed by atoms with van der Waals surface area (Å²) in [5.74, 6) is 0.110. The van der Waals surface area contributed by atoms with Crippen LogP contribution >= 0.6 is 0 Å². The molecule has 4 aromatic rings. The number of hydrogen-bond acceptors (Lipinski definition) is 1. The molecule has 0 fully saturated rings. The van der Waals surface area contributed by atoms with Crippen LogP contribution in [0, 0.1) is 0 Å². The lowest BCUT2D eigenvalue weighted by atomic mass is 9.96. The van der Waals surface area contributed by atoms with Crippen molar-refractivity contribution in [3.8, 4) is 0 Å². The lowest BCUT2D eigenvalue weighted by Crippen LogP contribution is -2.00. The molecule has 138 valence electrons. The first kappa shape index (κ1) is 17.2. The standard InChI is InChI=1S/C14H11N.C13H8O/c1-2-10-6-5-8-12-11-7-3-4-9-13(11)15-14(10)12;14-13-7-3-6-11-10-5-2-1-4-9(10)8-12(11)13/h2-9,15H,1H2;1-8H. The molecule has 0 spiro atoms. The van der Waals surface area contributed by atoms with Gasteiger partial charge in [0.2, 0.25) is 0 Å². The molecule has 6 rings (SSSR count). The molecule has 2 aliphatic carbocycles. The van der Waals surface area contributed by atoms with Crippen LogP contribution in [-0.4, -0.2) is 10.8 Å². The second-order valence-corrected chi connectivity index (χ2v) is 7.09. The summed E-state index contributed by atoms with van der Waals surface area (Å²) in [6, 6.07) is 22.7. The van der Waals surface area contributed by atoms with Crippen LogP contribution in [-0.2, 0) is 4.79 Å². The minimum Gasteiger partial charge on any atom is -0.354 e. The largest absolute Gasteiger partial charge is 0.354 e. The Balaban J connectivity index is 0.000000125. The van der Waals surface area contributed by atoms with Crippen LogP contribution in [0.4, 0.5) is 0 Å². The van der Waals surface area contributed by atoms with Crippen LogP contribution in [0.15, 0.2) is 97.1 Å². The molecule has 0 aliphatic heterocycles. The molecule has 29 heavy (non-hydrogen) atoms. The van der Waals surface area contributed by atoms with Crippen LogP contribution in [0.25, 0.3) is 39.5 Å². The molecule has 0 unspecified atom stereocenters. The number of fused-ring (bicyclic) bond motifs is 6. The minimum absolute atomic E-state index is 0.110. The zero-order chi connectivity index (χ0) is 19.8. The van der Waals surface area contributed by atoms with E-state index < -0.39 is 0 Å². The van der Waals surface area contributed by atoms with E-state index in [1.54, 1.807) is 6.08 Å². The second-order valence-electron chi connectivity index (χ2n) is 7.09. The van der Waals surface area contributed by atoms with Crippen molar-refractivity contribution in [1.29, 1.82) is 0 Å². The van der Waals surface area contributed by atoms with Crippen molar-refractivity contribution in [2.75, 3.05) is 0 Å². The number of H-pyrrole nitrogens is 1. The highest BCUT2D eigenvalue weighted by molar-refractivity contribution is 6.23. The van der Waals surface area contributed by atoms with E-state index in [1.807, 2.05) is 48.6 Å². The van der Waals surface area contributed by atoms with Crippen LogP contribution in [0.5, 0.6) is 0 Å². The second kappa shape index (κ2) is 6.92. The Morgan fingerprint density at radius 1 is 0.828 bits per heavy atom. The van der Waals surface area contributed by atoms with Crippen molar-refractivity contribution in [3.05, 3.63) is 114 Å². The number of rotatable bonds is 1. The Morgan fingerprint density at radius 3 is 2.52 bits per heavy atom. The van der Waals surface area contributed by atoms with Gasteiger partial charge >= 0.3 is 0 Å². The van der Waals surface area contributed by atoms with Crippen molar-refractivity contribution < 1.29 is 4.79 Å². The van der Waals surface area contributed by atoms with Gasteiger partial charge < -0.3 is 4.98 Å². The van der Waals surface area contributed by atoms with Crippen molar-refractivity contribution >= 4 is 45.3 Å². The maximum atomic E-state index is 11.5. The van der Waals surface area contributed by atoms with Crippen molar-refractivity contribution in [1.82, 2.24) is 4.98 Å². The zero-order valence-corrected chi connectivity index (χ0v) is 15.9. The predicted molar refractivity (Wildman–Crippen MR) is 122 cm³/mol. The average molecular weight is 373 g/mol. The maximum Gasteiger partial charge on any atom is 0.186 e. The lowest BCUT2D eigenvalue weighted by Gasteiger charge is -2.06. The van der Waals surface area contributed by atoms with Gasteiger partial charge in [0.15, 0.2) is 5.78 Å². The van der Waals surface area contributed by atoms with Gasteiger partial charge in [-0.1, -0.05) is 85.5 Å². The number of ketones is 1. The first-order valence-corrected chi connectivity index (χ1v) is 9.62. The van der Waals surface area contributed by atoms with Gasteiger partial charge in [-0.25, -0.2) is 0 Å². The fourth-order valence-corrected chi connectivity index (χ4v) is 4.02. The normalized spacial score (nSPS) is 14.0. The average Bonchev–Trinajstić information content (AvgIpc) is 3.34. The van der Waals surface area contributed by atoms with Crippen LogP contribution < -0.4 is 0 Å². The molecule has 1 aromatic heterocycles. The maximum absolute atomic E-state index is 11.5. The fraction of sp³-hybridized carbons (Fsp3) is 0. The van der Waals surface area contributed by atoms with E-state index in [0.717, 1.165) is 22.3 Å². The number of benzene rings is 3. The third-order valence-corrected chi connectivity index (χ3v) is 5.41. The Morgan fingerprint density at radius 2 is 1.62 bits per heavy atom. The Labute approximate surface area is 169 Å². The molecule has 3 aromatic carbocycles. The number of carbonyl (C=O) groups is 1. The molecule has 0 saturated heterocycles. The number of allylic oxidation sites excluding steroid dienone is 5. The minimum atomic E-state index is 0.110. The number of nitrogens with one attached hydrogen (secondary N) is 1. The van der Waals surface area contributed by atoms with Gasteiger partial charge in [-0.2, -0.15) is 0 Å². The number of aromatic amines is 1. The highest BCUT2D eigenvalue weighted by Crippen LogP contribution is 2.37. The molecule has 1 N–H and O–H groups in total. The van der Waals surface area contributed by atoms with E-state index in [-0.39, 0.29) is 5.78 Å². The summed E-state index contributed by atoms with van der Waals surface area (Å²) in [4.78, 5) is 15.0. The number of hydrogen-bond donors (Lipinski definition) is 1. The summed E-state index contributed by atoms with van der Waals surface area (Å²) < 4.78 is 0. The van der Waals surface area contributed by atoms with E-state index in [4.69, 9.17) is 0 Å². The summed E-state index contributed by atoms with van der Waals surface area (Å²) in [5, 5.41) is 2.54. The molecular weight excluding hydrogens is 354 g/mol. The molecule has 1 heterocycles. The Kier molecular flexibility index (Phi) is 4.10. The molecule has 0 amide bonds. The van der Waals surface area contributed by atoms with Gasteiger partial charge in [0.25, 0.3) is 0 Å². The first-order valence-electron chi connectivity index (χ1n) is 9.62. The Hall–Kier alpha value is -3.91. The summed E-state index contributed by atoms with van der Waals surface area (Å²) in [7, 11) is 0. The summed E-state index contributed by atoms with van der Waals surface area (Å²) in [6.07, 6.45) is 9.28. The van der Waals surface area contributed by atoms with Crippen molar-refractivity contribution in [3.63, 3.8) is 0 Å². The number of aromatic nitrogens is 1. The van der Waals surface area contributed by atoms with Crippen LogP contribution in [0.1, 0.15) is 16.7 Å². The van der Waals surface area contributed by atoms with E-state index in [0.29, 0.717) is 0 Å². The fourth-order valence-electron chi connectivity index (χ4n) is 4.02. The van der Waals surface area contributed by atoms with E-state index in [9.17, 15) is 4.79 Å². The predicted octanol–water partition coefficient (Wildman–Crippen LogP) is 6.57. The van der Waals surface area contributed by atoms with E-state index in [2.05, 4.69) is 54.0 Å². The third kappa shape index (κ3) is 2.86. The monoisotopic (exact) mass is 373 g/mol. The van der Waals surface area contributed by atoms with Crippen LogP contribution in [0.3, 0.4) is 0 Å². The molecule has 0 radical (unpaired) electrons. The highest BCUT2D eigenvalue weighted by Gasteiger charge is 2.23. The van der Waals surface area contributed by atoms with Gasteiger partial charge in [-0.3, -0.25) is 4.79 Å². The van der Waals surface area contributed by atoms with E-state index >= 15 is 0 Å². The van der Waals surface area contributed by atoms with Gasteiger partial charge in [0, 0.05) is 21.9 Å². The third-order valence-electron chi connectivity index (χ3n) is 5.41. The van der Waals surface area contributed by atoms with Gasteiger partial charge in [0.1, 0.15) is 0 Å². The SMILES string of the molecule is C=Cc1cccc2c1[nH]c1ccccc12.O=C1C=CC=C2C1=Cc1ccccc12. The lowest BCUT2D eigenvalue weighted by molar-refractivity contribution is -0.110. The Bertz CT molecular complexity index is 1380. The summed E-state index contributed by atoms with van der Waals surface area (Å²) >= 11 is 0. The van der Waals surface area contributed by atoms with E-state index in [1.165, 1.54) is 27.4 Å². The summed E-state index contributed by atoms with van der Waals surface area (Å²) in [6.45, 7) is 3.83. The first-order chi connectivity index (χ1) is 14.3. The molecule has 0 bridgehead atoms. The quantitative estimate of drug-likeness (QED) is 0.402. The van der Waals surface area contributed by atoms with Gasteiger partial charge in [-0.05, 0) is 40.5 Å². The van der Waals surface area contributed by atoms with Crippen LogP contribution in [0.2, 0.25) is 0 Å². The summed E-state index contributed by atoms with van der Waals surface area (Å²) in [5.41, 5.74) is 7.71. The molecule has 0 saturated carbocycles. The molecule has 2 aliphatic rings.